The molecule has 2 aromatic heterocycles. The summed E-state index contributed by atoms with van der Waals surface area (Å²) in [5, 5.41) is 16.4. The number of thioether (sulfide) groups is 1. The van der Waals surface area contributed by atoms with E-state index in [0.29, 0.717) is 21.5 Å². The third-order valence-electron chi connectivity index (χ3n) is 4.33. The smallest absolute Gasteiger partial charge is 0.261 e. The number of benzene rings is 2. The Kier molecular flexibility index (Phi) is 6.93. The van der Waals surface area contributed by atoms with E-state index in [-0.39, 0.29) is 29.9 Å². The van der Waals surface area contributed by atoms with Gasteiger partial charge in [0.2, 0.25) is 5.91 Å². The minimum Gasteiger partial charge on any atom is -0.344 e. The number of rotatable bonds is 8. The molecule has 0 spiro atoms. The minimum absolute atomic E-state index is 0.0872. The summed E-state index contributed by atoms with van der Waals surface area (Å²) in [6.45, 7) is 0.182. The van der Waals surface area contributed by atoms with Crippen LogP contribution in [0.5, 0.6) is 0 Å². The van der Waals surface area contributed by atoms with Crippen molar-refractivity contribution in [2.75, 3.05) is 11.1 Å². The molecule has 0 fully saturated rings. The van der Waals surface area contributed by atoms with Crippen molar-refractivity contribution in [3.05, 3.63) is 88.6 Å². The number of carbonyl (C=O) groups excluding carboxylic acids is 2. The Morgan fingerprint density at radius 1 is 1.00 bits per heavy atom. The van der Waals surface area contributed by atoms with E-state index in [2.05, 4.69) is 20.8 Å². The monoisotopic (exact) mass is 467 g/mol. The van der Waals surface area contributed by atoms with Gasteiger partial charge < -0.3 is 10.6 Å². The molecule has 7 nitrogen and oxygen atoms in total. The number of nitrogens with one attached hydrogen (secondary N) is 2. The average Bonchev–Trinajstić information content (AvgIpc) is 3.48. The Balaban J connectivity index is 1.47. The van der Waals surface area contributed by atoms with Gasteiger partial charge in [-0.3, -0.25) is 14.2 Å². The summed E-state index contributed by atoms with van der Waals surface area (Å²) in [6.07, 6.45) is 0. The SMILES string of the molecule is O=C(CSc1nnc(CNC(=O)c2cccs2)n1-c1ccccc1)Nc1ccc(F)cc1. The lowest BCUT2D eigenvalue weighted by Crippen LogP contribution is -2.24. The first-order valence-corrected chi connectivity index (χ1v) is 11.5. The van der Waals surface area contributed by atoms with E-state index < -0.39 is 0 Å². The quantitative estimate of drug-likeness (QED) is 0.381. The maximum Gasteiger partial charge on any atom is 0.261 e. The third kappa shape index (κ3) is 5.40. The van der Waals surface area contributed by atoms with Crippen LogP contribution in [0.1, 0.15) is 15.5 Å². The van der Waals surface area contributed by atoms with Crippen molar-refractivity contribution in [3.63, 3.8) is 0 Å². The van der Waals surface area contributed by atoms with Crippen LogP contribution in [0.3, 0.4) is 0 Å². The lowest BCUT2D eigenvalue weighted by atomic mass is 10.3. The molecule has 10 heteroatoms. The molecule has 2 amide bonds. The zero-order valence-corrected chi connectivity index (χ0v) is 18.3. The van der Waals surface area contributed by atoms with Crippen LogP contribution in [-0.2, 0) is 11.3 Å². The van der Waals surface area contributed by atoms with E-state index in [1.54, 1.807) is 6.07 Å². The molecule has 0 aliphatic rings. The van der Waals surface area contributed by atoms with Crippen LogP contribution >= 0.6 is 23.1 Å². The normalized spacial score (nSPS) is 10.7. The highest BCUT2D eigenvalue weighted by Gasteiger charge is 2.17. The number of para-hydroxylation sites is 1. The van der Waals surface area contributed by atoms with E-state index in [4.69, 9.17) is 0 Å². The molecule has 0 bridgehead atoms. The molecule has 0 radical (unpaired) electrons. The summed E-state index contributed by atoms with van der Waals surface area (Å²) in [6, 6.07) is 18.6. The van der Waals surface area contributed by atoms with Gasteiger partial charge in [0.1, 0.15) is 5.82 Å². The van der Waals surface area contributed by atoms with Crippen LogP contribution in [0.15, 0.2) is 77.3 Å². The van der Waals surface area contributed by atoms with Gasteiger partial charge in [0.15, 0.2) is 11.0 Å². The van der Waals surface area contributed by atoms with Gasteiger partial charge in [-0.25, -0.2) is 4.39 Å². The molecule has 0 aliphatic heterocycles. The fraction of sp³-hybridized carbons (Fsp3) is 0.0909. The third-order valence-corrected chi connectivity index (χ3v) is 6.12. The molecule has 2 heterocycles. The summed E-state index contributed by atoms with van der Waals surface area (Å²) in [7, 11) is 0. The molecule has 162 valence electrons. The second kappa shape index (κ2) is 10.2. The molecule has 32 heavy (non-hydrogen) atoms. The predicted molar refractivity (Wildman–Crippen MR) is 123 cm³/mol. The zero-order valence-electron chi connectivity index (χ0n) is 16.7. The van der Waals surface area contributed by atoms with Crippen LogP contribution in [0.4, 0.5) is 10.1 Å². The molecule has 0 unspecified atom stereocenters. The van der Waals surface area contributed by atoms with Crippen LogP contribution in [0.25, 0.3) is 5.69 Å². The lowest BCUT2D eigenvalue weighted by molar-refractivity contribution is -0.113. The van der Waals surface area contributed by atoms with E-state index >= 15 is 0 Å². The molecule has 4 aromatic rings. The van der Waals surface area contributed by atoms with Gasteiger partial charge in [-0.2, -0.15) is 0 Å². The minimum atomic E-state index is -0.368. The summed E-state index contributed by atoms with van der Waals surface area (Å²) < 4.78 is 14.8. The average molecular weight is 468 g/mol. The standard InChI is InChI=1S/C22H18FN5O2S2/c23-15-8-10-16(11-9-15)25-20(29)14-32-22-27-26-19(28(22)17-5-2-1-3-6-17)13-24-21(30)18-7-4-12-31-18/h1-12H,13-14H2,(H,24,30)(H,25,29). The van der Waals surface area contributed by atoms with Gasteiger partial charge in [0.05, 0.1) is 17.2 Å². The Morgan fingerprint density at radius 3 is 2.50 bits per heavy atom. The fourth-order valence-corrected chi connectivity index (χ4v) is 4.27. The maximum absolute atomic E-state index is 13.0. The Hall–Kier alpha value is -3.50. The van der Waals surface area contributed by atoms with E-state index in [1.165, 1.54) is 47.4 Å². The number of thiophene rings is 1. The van der Waals surface area contributed by atoms with Crippen LogP contribution < -0.4 is 10.6 Å². The molecule has 0 aliphatic carbocycles. The molecule has 0 atom stereocenters. The van der Waals surface area contributed by atoms with Crippen LogP contribution in [-0.4, -0.2) is 32.3 Å². The number of nitrogens with zero attached hydrogens (tertiary/aromatic N) is 3. The second-order valence-electron chi connectivity index (χ2n) is 6.57. The number of hydrogen-bond donors (Lipinski definition) is 2. The molecular weight excluding hydrogens is 449 g/mol. The van der Waals surface area contributed by atoms with E-state index in [9.17, 15) is 14.0 Å². The van der Waals surface area contributed by atoms with Crippen molar-refractivity contribution >= 4 is 40.6 Å². The largest absolute Gasteiger partial charge is 0.344 e. The topological polar surface area (TPSA) is 88.9 Å². The highest BCUT2D eigenvalue weighted by molar-refractivity contribution is 7.99. The number of anilines is 1. The highest BCUT2D eigenvalue weighted by atomic mass is 32.2. The number of halogens is 1. The zero-order chi connectivity index (χ0) is 22.3. The Bertz CT molecular complexity index is 1200. The summed E-state index contributed by atoms with van der Waals surface area (Å²) >= 11 is 2.58. The first kappa shape index (κ1) is 21.7. The molecule has 2 aromatic carbocycles. The predicted octanol–water partition coefficient (Wildman–Crippen LogP) is 4.13. The van der Waals surface area contributed by atoms with Crippen LogP contribution in [0, 0.1) is 5.82 Å². The van der Waals surface area contributed by atoms with Crippen molar-refractivity contribution < 1.29 is 14.0 Å². The van der Waals surface area contributed by atoms with E-state index in [1.807, 2.05) is 46.3 Å². The number of aromatic nitrogens is 3. The number of hydrogen-bond acceptors (Lipinski definition) is 6. The lowest BCUT2D eigenvalue weighted by Gasteiger charge is -2.11. The first-order chi connectivity index (χ1) is 15.6. The van der Waals surface area contributed by atoms with Crippen LogP contribution in [0.2, 0.25) is 0 Å². The molecule has 2 N–H and O–H groups in total. The van der Waals surface area contributed by atoms with Gasteiger partial charge in [-0.15, -0.1) is 21.5 Å². The molecule has 4 rings (SSSR count). The first-order valence-electron chi connectivity index (χ1n) is 9.60. The Labute approximate surface area is 191 Å². The van der Waals surface area contributed by atoms with Crippen molar-refractivity contribution in [2.24, 2.45) is 0 Å². The van der Waals surface area contributed by atoms with Crippen molar-refractivity contribution in [1.82, 2.24) is 20.1 Å². The van der Waals surface area contributed by atoms with Gasteiger partial charge in [-0.05, 0) is 47.8 Å². The summed E-state index contributed by atoms with van der Waals surface area (Å²) in [5.74, 6) is -0.175. The second-order valence-corrected chi connectivity index (χ2v) is 8.46. The van der Waals surface area contributed by atoms with E-state index in [0.717, 1.165) is 5.69 Å². The number of amides is 2. The van der Waals surface area contributed by atoms with Gasteiger partial charge >= 0.3 is 0 Å². The van der Waals surface area contributed by atoms with Gasteiger partial charge in [0.25, 0.3) is 5.91 Å². The maximum atomic E-state index is 13.0. The van der Waals surface area contributed by atoms with Crippen molar-refractivity contribution in [2.45, 2.75) is 11.7 Å². The summed E-state index contributed by atoms with van der Waals surface area (Å²) in [4.78, 5) is 25.3. The van der Waals surface area contributed by atoms with Gasteiger partial charge in [0, 0.05) is 11.4 Å². The van der Waals surface area contributed by atoms with Crippen molar-refractivity contribution in [3.8, 4) is 5.69 Å². The number of carbonyl (C=O) groups is 2. The Morgan fingerprint density at radius 2 is 1.78 bits per heavy atom. The molecule has 0 saturated carbocycles. The van der Waals surface area contributed by atoms with Gasteiger partial charge in [-0.1, -0.05) is 36.0 Å². The fourth-order valence-electron chi connectivity index (χ4n) is 2.86. The van der Waals surface area contributed by atoms with Crippen molar-refractivity contribution in [1.29, 1.82) is 0 Å². The summed E-state index contributed by atoms with van der Waals surface area (Å²) in [5.41, 5.74) is 1.33. The molecule has 0 saturated heterocycles. The highest BCUT2D eigenvalue weighted by Crippen LogP contribution is 2.22. The molecular formula is C22H18FN5O2S2.